The summed E-state index contributed by atoms with van der Waals surface area (Å²) in [6, 6.07) is 16.6. The van der Waals surface area contributed by atoms with Crippen LogP contribution in [0.25, 0.3) is 5.57 Å². The molecule has 1 aromatic heterocycles. The lowest BCUT2D eigenvalue weighted by Gasteiger charge is -2.29. The van der Waals surface area contributed by atoms with Gasteiger partial charge in [0.25, 0.3) is 0 Å². The van der Waals surface area contributed by atoms with Crippen molar-refractivity contribution in [1.29, 1.82) is 0 Å². The van der Waals surface area contributed by atoms with Gasteiger partial charge in [0, 0.05) is 59.6 Å². The van der Waals surface area contributed by atoms with Gasteiger partial charge in [-0.25, -0.2) is 4.98 Å². The van der Waals surface area contributed by atoms with E-state index in [1.165, 1.54) is 11.3 Å². The zero-order chi connectivity index (χ0) is 21.2. The number of nitrogens with one attached hydrogen (secondary N) is 2. The molecule has 3 heterocycles. The number of morpholine rings is 1. The molecule has 5 rings (SSSR count). The quantitative estimate of drug-likeness (QED) is 0.599. The van der Waals surface area contributed by atoms with Crippen molar-refractivity contribution in [1.82, 2.24) is 10.3 Å². The second-order valence-electron chi connectivity index (χ2n) is 7.81. The van der Waals surface area contributed by atoms with Gasteiger partial charge in [0.2, 0.25) is 0 Å². The van der Waals surface area contributed by atoms with E-state index in [4.69, 9.17) is 16.3 Å². The first-order valence-electron chi connectivity index (χ1n) is 10.6. The van der Waals surface area contributed by atoms with Crippen molar-refractivity contribution in [2.24, 2.45) is 0 Å². The van der Waals surface area contributed by atoms with Crippen LogP contribution in [-0.4, -0.2) is 31.3 Å². The van der Waals surface area contributed by atoms with Crippen LogP contribution in [0.4, 0.5) is 17.2 Å². The first-order valence-corrected chi connectivity index (χ1v) is 11.0. The van der Waals surface area contributed by atoms with Crippen molar-refractivity contribution in [2.45, 2.75) is 13.5 Å². The average Bonchev–Trinajstić information content (AvgIpc) is 2.82. The summed E-state index contributed by atoms with van der Waals surface area (Å²) in [6.07, 6.45) is 3.93. The lowest BCUT2D eigenvalue weighted by molar-refractivity contribution is 0.122. The fourth-order valence-corrected chi connectivity index (χ4v) is 4.37. The molecule has 2 aliphatic heterocycles. The molecule has 6 heteroatoms. The third kappa shape index (κ3) is 3.99. The van der Waals surface area contributed by atoms with Crippen molar-refractivity contribution >= 4 is 34.4 Å². The number of aromatic nitrogens is 1. The predicted molar refractivity (Wildman–Crippen MR) is 127 cm³/mol. The van der Waals surface area contributed by atoms with Gasteiger partial charge in [0.15, 0.2) is 0 Å². The monoisotopic (exact) mass is 432 g/mol. The minimum Gasteiger partial charge on any atom is -0.386 e. The van der Waals surface area contributed by atoms with E-state index in [1.807, 2.05) is 18.3 Å². The maximum atomic E-state index is 6.38. The number of rotatable bonds is 4. The number of halogens is 1. The van der Waals surface area contributed by atoms with E-state index >= 15 is 0 Å². The summed E-state index contributed by atoms with van der Waals surface area (Å²) >= 11 is 6.38. The summed E-state index contributed by atoms with van der Waals surface area (Å²) in [5.74, 6) is 0.870. The number of nitrogens with zero attached hydrogens (tertiary/aromatic N) is 2. The summed E-state index contributed by atoms with van der Waals surface area (Å²) < 4.78 is 5.45. The molecule has 2 aliphatic rings. The Bertz CT molecular complexity index is 1120. The number of hydrogen-bond donors (Lipinski definition) is 2. The van der Waals surface area contributed by atoms with Gasteiger partial charge in [-0.05, 0) is 60.0 Å². The van der Waals surface area contributed by atoms with Gasteiger partial charge in [-0.1, -0.05) is 23.7 Å². The van der Waals surface area contributed by atoms with Crippen molar-refractivity contribution in [3.05, 3.63) is 88.2 Å². The molecule has 3 aromatic rings. The Morgan fingerprint density at radius 1 is 1.03 bits per heavy atom. The van der Waals surface area contributed by atoms with Crippen molar-refractivity contribution in [3.63, 3.8) is 0 Å². The Hall–Kier alpha value is -3.02. The van der Waals surface area contributed by atoms with Gasteiger partial charge in [-0.3, -0.25) is 0 Å². The van der Waals surface area contributed by atoms with Crippen LogP contribution in [-0.2, 0) is 11.3 Å². The van der Waals surface area contributed by atoms with Crippen LogP contribution < -0.4 is 15.5 Å². The Labute approximate surface area is 187 Å². The predicted octanol–water partition coefficient (Wildman–Crippen LogP) is 5.12. The summed E-state index contributed by atoms with van der Waals surface area (Å²) in [6.45, 7) is 6.22. The van der Waals surface area contributed by atoms with Crippen molar-refractivity contribution < 1.29 is 4.74 Å². The van der Waals surface area contributed by atoms with E-state index in [9.17, 15) is 0 Å². The van der Waals surface area contributed by atoms with Crippen LogP contribution in [0.5, 0.6) is 0 Å². The lowest BCUT2D eigenvalue weighted by atomic mass is 9.91. The molecule has 0 aliphatic carbocycles. The highest BCUT2D eigenvalue weighted by molar-refractivity contribution is 6.31. The SMILES string of the molecule is Cc1c(Cl)cccc1C1=CNCc2c1ccnc2Nc1ccc(N2CCOCC2)cc1. The Kier molecular flexibility index (Phi) is 5.53. The van der Waals surface area contributed by atoms with Gasteiger partial charge in [-0.2, -0.15) is 0 Å². The molecule has 31 heavy (non-hydrogen) atoms. The second-order valence-corrected chi connectivity index (χ2v) is 8.22. The van der Waals surface area contributed by atoms with Crippen molar-refractivity contribution in [3.8, 4) is 0 Å². The third-order valence-corrected chi connectivity index (χ3v) is 6.34. The standard InChI is InChI=1S/C25H25ClN4O/c1-17-20(3-2-4-24(17)26)22-15-27-16-23-21(22)9-10-28-25(23)29-18-5-7-19(8-6-18)30-11-13-31-14-12-30/h2-10,15,27H,11-14,16H2,1H3,(H,28,29). The molecular weight excluding hydrogens is 408 g/mol. The molecule has 5 nitrogen and oxygen atoms in total. The average molecular weight is 433 g/mol. The number of fused-ring (bicyclic) bond motifs is 1. The van der Waals surface area contributed by atoms with Gasteiger partial charge >= 0.3 is 0 Å². The minimum absolute atomic E-state index is 0.723. The maximum Gasteiger partial charge on any atom is 0.135 e. The molecule has 1 saturated heterocycles. The molecule has 0 spiro atoms. The molecule has 0 saturated carbocycles. The first kappa shape index (κ1) is 19.9. The summed E-state index contributed by atoms with van der Waals surface area (Å²) in [7, 11) is 0. The number of ether oxygens (including phenoxy) is 1. The fraction of sp³-hybridized carbons (Fsp3) is 0.240. The van der Waals surface area contributed by atoms with Crippen molar-refractivity contribution in [2.75, 3.05) is 36.5 Å². The molecule has 2 N–H and O–H groups in total. The zero-order valence-electron chi connectivity index (χ0n) is 17.5. The topological polar surface area (TPSA) is 49.4 Å². The highest BCUT2D eigenvalue weighted by atomic mass is 35.5. The van der Waals surface area contributed by atoms with E-state index in [0.29, 0.717) is 0 Å². The number of anilines is 3. The smallest absolute Gasteiger partial charge is 0.135 e. The summed E-state index contributed by atoms with van der Waals surface area (Å²) in [5, 5.41) is 7.70. The van der Waals surface area contributed by atoms with Crippen LogP contribution in [0, 0.1) is 6.92 Å². The zero-order valence-corrected chi connectivity index (χ0v) is 18.2. The molecule has 0 unspecified atom stereocenters. The van der Waals surface area contributed by atoms with E-state index < -0.39 is 0 Å². The minimum atomic E-state index is 0.723. The van der Waals surface area contributed by atoms with Crippen LogP contribution in [0.2, 0.25) is 5.02 Å². The van der Waals surface area contributed by atoms with Gasteiger partial charge < -0.3 is 20.3 Å². The fourth-order valence-electron chi connectivity index (χ4n) is 4.20. The number of benzene rings is 2. The van der Waals surface area contributed by atoms with Crippen LogP contribution in [0.1, 0.15) is 22.3 Å². The molecule has 0 atom stereocenters. The number of pyridine rings is 1. The molecule has 0 radical (unpaired) electrons. The highest BCUT2D eigenvalue weighted by Gasteiger charge is 2.20. The Balaban J connectivity index is 1.42. The molecule has 0 bridgehead atoms. The first-order chi connectivity index (χ1) is 15.2. The normalized spacial score (nSPS) is 15.7. The molecule has 1 fully saturated rings. The Morgan fingerprint density at radius 2 is 1.84 bits per heavy atom. The second kappa shape index (κ2) is 8.61. The summed E-state index contributed by atoms with van der Waals surface area (Å²) in [4.78, 5) is 6.99. The molecule has 158 valence electrons. The third-order valence-electron chi connectivity index (χ3n) is 5.94. The van der Waals surface area contributed by atoms with Gasteiger partial charge in [0.05, 0.1) is 13.2 Å². The summed E-state index contributed by atoms with van der Waals surface area (Å²) in [5.41, 5.74) is 7.91. The van der Waals surface area contributed by atoms with Gasteiger partial charge in [-0.15, -0.1) is 0 Å². The molecular formula is C25H25ClN4O. The van der Waals surface area contributed by atoms with E-state index in [-0.39, 0.29) is 0 Å². The van der Waals surface area contributed by atoms with E-state index in [1.54, 1.807) is 0 Å². The number of hydrogen-bond acceptors (Lipinski definition) is 5. The lowest BCUT2D eigenvalue weighted by Crippen LogP contribution is -2.36. The largest absolute Gasteiger partial charge is 0.386 e. The molecule has 0 amide bonds. The van der Waals surface area contributed by atoms with Crippen LogP contribution >= 0.6 is 11.6 Å². The maximum absolute atomic E-state index is 6.38. The van der Waals surface area contributed by atoms with Gasteiger partial charge in [0.1, 0.15) is 5.82 Å². The van der Waals surface area contributed by atoms with Crippen LogP contribution in [0.3, 0.4) is 0 Å². The Morgan fingerprint density at radius 3 is 2.65 bits per heavy atom. The van der Waals surface area contributed by atoms with E-state index in [2.05, 4.69) is 70.0 Å². The molecule has 2 aromatic carbocycles. The highest BCUT2D eigenvalue weighted by Crippen LogP contribution is 2.35. The van der Waals surface area contributed by atoms with E-state index in [0.717, 1.165) is 71.6 Å². The van der Waals surface area contributed by atoms with Crippen LogP contribution in [0.15, 0.2) is 60.9 Å².